The first-order chi connectivity index (χ1) is 12.1. The number of hydrogen-bond acceptors (Lipinski definition) is 4. The Morgan fingerprint density at radius 3 is 2.08 bits per heavy atom. The molecule has 0 fully saturated rings. The highest BCUT2D eigenvalue weighted by Gasteiger charge is 2.18. The van der Waals surface area contributed by atoms with Crippen molar-refractivity contribution in [2.75, 3.05) is 7.11 Å². The molecule has 0 aliphatic rings. The molecule has 2 aromatic rings. The van der Waals surface area contributed by atoms with E-state index in [1.807, 2.05) is 60.7 Å². The number of methoxy groups -OCH3 is 1. The van der Waals surface area contributed by atoms with Crippen LogP contribution in [0.15, 0.2) is 60.7 Å². The van der Waals surface area contributed by atoms with Crippen molar-refractivity contribution in [1.82, 2.24) is 5.32 Å². The number of esters is 1. The molecule has 140 valence electrons. The fourth-order valence-corrected chi connectivity index (χ4v) is 2.64. The molecule has 6 heteroatoms. The highest BCUT2D eigenvalue weighted by Crippen LogP contribution is 2.20. The van der Waals surface area contributed by atoms with E-state index in [-0.39, 0.29) is 49.2 Å². The molecule has 0 spiro atoms. The number of hydrogen-bond donors (Lipinski definition) is 2. The lowest BCUT2D eigenvalue weighted by Crippen LogP contribution is -2.31. The lowest BCUT2D eigenvalue weighted by Gasteiger charge is -2.20. The Kier molecular flexibility index (Phi) is 9.41. The minimum absolute atomic E-state index is 0. The van der Waals surface area contributed by atoms with Crippen LogP contribution in [0, 0.1) is 0 Å². The highest BCUT2D eigenvalue weighted by atomic mass is 35.5. The van der Waals surface area contributed by atoms with E-state index in [1.54, 1.807) is 0 Å². The van der Waals surface area contributed by atoms with E-state index in [4.69, 9.17) is 10.5 Å². The summed E-state index contributed by atoms with van der Waals surface area (Å²) in [5, 5.41) is 2.99. The maximum atomic E-state index is 12.4. The van der Waals surface area contributed by atoms with E-state index in [0.717, 1.165) is 11.1 Å². The van der Waals surface area contributed by atoms with Gasteiger partial charge < -0.3 is 15.8 Å². The molecule has 0 aliphatic heterocycles. The van der Waals surface area contributed by atoms with Crippen molar-refractivity contribution in [2.24, 2.45) is 5.73 Å². The molecular formula is C20H25ClN2O3. The smallest absolute Gasteiger partial charge is 0.305 e. The maximum Gasteiger partial charge on any atom is 0.305 e. The highest BCUT2D eigenvalue weighted by molar-refractivity contribution is 5.85. The lowest BCUT2D eigenvalue weighted by atomic mass is 10.0. The van der Waals surface area contributed by atoms with Gasteiger partial charge in [-0.15, -0.1) is 12.4 Å². The standard InChI is InChI=1S/C20H24N2O3.ClH/c1-25-20(24)13-12-18(16-10-6-3-7-11-16)22-19(23)14-17(21)15-8-4-2-5-9-15;/h2-11,17-18H,12-14,21H2,1H3,(H,22,23);1H. The van der Waals surface area contributed by atoms with E-state index >= 15 is 0 Å². The molecule has 3 N–H and O–H groups in total. The van der Waals surface area contributed by atoms with Gasteiger partial charge in [0.05, 0.1) is 13.2 Å². The van der Waals surface area contributed by atoms with Crippen LogP contribution in [-0.2, 0) is 14.3 Å². The number of halogens is 1. The zero-order valence-electron chi connectivity index (χ0n) is 14.8. The summed E-state index contributed by atoms with van der Waals surface area (Å²) in [5.41, 5.74) is 7.99. The second-order valence-electron chi connectivity index (χ2n) is 5.87. The van der Waals surface area contributed by atoms with Crippen molar-refractivity contribution in [3.05, 3.63) is 71.8 Å². The predicted molar refractivity (Wildman–Crippen MR) is 104 cm³/mol. The van der Waals surface area contributed by atoms with Gasteiger partial charge in [-0.1, -0.05) is 60.7 Å². The Hall–Kier alpha value is -2.37. The molecule has 0 heterocycles. The van der Waals surface area contributed by atoms with E-state index in [2.05, 4.69) is 5.32 Å². The minimum Gasteiger partial charge on any atom is -0.469 e. The molecule has 5 nitrogen and oxygen atoms in total. The Morgan fingerprint density at radius 1 is 1.00 bits per heavy atom. The third-order valence-corrected chi connectivity index (χ3v) is 4.04. The molecular weight excluding hydrogens is 352 g/mol. The van der Waals surface area contributed by atoms with Crippen molar-refractivity contribution in [2.45, 2.75) is 31.3 Å². The molecule has 1 amide bonds. The molecule has 2 unspecified atom stereocenters. The quantitative estimate of drug-likeness (QED) is 0.692. The Morgan fingerprint density at radius 2 is 1.54 bits per heavy atom. The van der Waals surface area contributed by atoms with Gasteiger partial charge in [0.15, 0.2) is 0 Å². The van der Waals surface area contributed by atoms with Gasteiger partial charge in [-0.25, -0.2) is 0 Å². The van der Waals surface area contributed by atoms with Gasteiger partial charge in [0.2, 0.25) is 5.91 Å². The van der Waals surface area contributed by atoms with Gasteiger partial charge >= 0.3 is 5.97 Å². The summed E-state index contributed by atoms with van der Waals surface area (Å²) in [6, 6.07) is 18.5. The average Bonchev–Trinajstić information content (AvgIpc) is 2.66. The normalized spacial score (nSPS) is 12.4. The van der Waals surface area contributed by atoms with Crippen LogP contribution < -0.4 is 11.1 Å². The predicted octanol–water partition coefficient (Wildman–Crippen LogP) is 3.31. The van der Waals surface area contributed by atoms with Crippen molar-refractivity contribution in [3.63, 3.8) is 0 Å². The first-order valence-corrected chi connectivity index (χ1v) is 8.31. The summed E-state index contributed by atoms with van der Waals surface area (Å²) in [7, 11) is 1.36. The fourth-order valence-electron chi connectivity index (χ4n) is 2.64. The first kappa shape index (κ1) is 21.7. The van der Waals surface area contributed by atoms with Crippen molar-refractivity contribution in [3.8, 4) is 0 Å². The van der Waals surface area contributed by atoms with Gasteiger partial charge in [-0.2, -0.15) is 0 Å². The SMILES string of the molecule is COC(=O)CCC(NC(=O)CC(N)c1ccccc1)c1ccccc1.Cl. The summed E-state index contributed by atoms with van der Waals surface area (Å²) in [6.07, 6.45) is 0.898. The monoisotopic (exact) mass is 376 g/mol. The van der Waals surface area contributed by atoms with Gasteiger partial charge in [-0.05, 0) is 17.5 Å². The third-order valence-electron chi connectivity index (χ3n) is 4.04. The van der Waals surface area contributed by atoms with Gasteiger partial charge in [0.25, 0.3) is 0 Å². The number of benzene rings is 2. The summed E-state index contributed by atoms with van der Waals surface area (Å²) >= 11 is 0. The van der Waals surface area contributed by atoms with Crippen LogP contribution in [0.4, 0.5) is 0 Å². The van der Waals surface area contributed by atoms with Crippen LogP contribution in [0.3, 0.4) is 0 Å². The van der Waals surface area contributed by atoms with E-state index in [0.29, 0.717) is 6.42 Å². The van der Waals surface area contributed by atoms with Crippen molar-refractivity contribution < 1.29 is 14.3 Å². The Labute approximate surface area is 160 Å². The van der Waals surface area contributed by atoms with Crippen LogP contribution in [0.1, 0.15) is 42.5 Å². The van der Waals surface area contributed by atoms with Crippen molar-refractivity contribution >= 4 is 24.3 Å². The molecule has 2 atom stereocenters. The topological polar surface area (TPSA) is 81.4 Å². The fraction of sp³-hybridized carbons (Fsp3) is 0.300. The van der Waals surface area contributed by atoms with Crippen LogP contribution >= 0.6 is 12.4 Å². The van der Waals surface area contributed by atoms with E-state index < -0.39 is 0 Å². The van der Waals surface area contributed by atoms with Crippen LogP contribution in [0.2, 0.25) is 0 Å². The molecule has 0 radical (unpaired) electrons. The summed E-state index contributed by atoms with van der Waals surface area (Å²) in [5.74, 6) is -0.439. The number of amides is 1. The number of nitrogens with one attached hydrogen (secondary N) is 1. The average molecular weight is 377 g/mol. The Bertz CT molecular complexity index is 680. The minimum atomic E-state index is -0.363. The third kappa shape index (κ3) is 6.86. The van der Waals surface area contributed by atoms with Gasteiger partial charge in [0.1, 0.15) is 0 Å². The van der Waals surface area contributed by atoms with Crippen LogP contribution in [-0.4, -0.2) is 19.0 Å². The number of nitrogens with two attached hydrogens (primary N) is 1. The van der Waals surface area contributed by atoms with Crippen molar-refractivity contribution in [1.29, 1.82) is 0 Å². The lowest BCUT2D eigenvalue weighted by molar-refractivity contribution is -0.141. The molecule has 0 bridgehead atoms. The molecule has 2 aromatic carbocycles. The first-order valence-electron chi connectivity index (χ1n) is 8.31. The summed E-state index contributed by atoms with van der Waals surface area (Å²) < 4.78 is 4.69. The molecule has 0 saturated carbocycles. The Balaban J connectivity index is 0.00000338. The largest absolute Gasteiger partial charge is 0.469 e. The van der Waals surface area contributed by atoms with Gasteiger partial charge in [-0.3, -0.25) is 9.59 Å². The summed E-state index contributed by atoms with van der Waals surface area (Å²) in [4.78, 5) is 23.9. The van der Waals surface area contributed by atoms with E-state index in [9.17, 15) is 9.59 Å². The van der Waals surface area contributed by atoms with Crippen LogP contribution in [0.25, 0.3) is 0 Å². The molecule has 2 rings (SSSR count). The molecule has 0 aliphatic carbocycles. The number of carbonyl (C=O) groups excluding carboxylic acids is 2. The second kappa shape index (κ2) is 11.3. The number of ether oxygens (including phenoxy) is 1. The molecule has 26 heavy (non-hydrogen) atoms. The van der Waals surface area contributed by atoms with Crippen LogP contribution in [0.5, 0.6) is 0 Å². The number of rotatable bonds is 8. The van der Waals surface area contributed by atoms with E-state index in [1.165, 1.54) is 7.11 Å². The zero-order valence-corrected chi connectivity index (χ0v) is 15.6. The second-order valence-corrected chi connectivity index (χ2v) is 5.87. The molecule has 0 saturated heterocycles. The number of carbonyl (C=O) groups is 2. The maximum absolute atomic E-state index is 12.4. The van der Waals surface area contributed by atoms with Gasteiger partial charge in [0, 0.05) is 18.9 Å². The summed E-state index contributed by atoms with van der Waals surface area (Å²) in [6.45, 7) is 0. The zero-order chi connectivity index (χ0) is 18.1. The molecule has 0 aromatic heterocycles.